The Morgan fingerprint density at radius 3 is 2.86 bits per heavy atom. The highest BCUT2D eigenvalue weighted by Gasteiger charge is 2.09. The van der Waals surface area contributed by atoms with Crippen molar-refractivity contribution in [1.82, 2.24) is 0 Å². The second-order valence-electron chi connectivity index (χ2n) is 2.68. The first-order valence-corrected chi connectivity index (χ1v) is 5.31. The Bertz CT molecular complexity index is 343. The third-order valence-corrected chi connectivity index (χ3v) is 2.35. The fraction of sp³-hybridized carbons (Fsp3) is 0.250. The summed E-state index contributed by atoms with van der Waals surface area (Å²) in [6.07, 6.45) is 1.93. The van der Waals surface area contributed by atoms with Gasteiger partial charge in [-0.3, -0.25) is 16.0 Å². The Balaban J connectivity index is 3.07. The largest absolute Gasteiger partial charge is 0.324 e. The molecule has 1 rings (SSSR count). The van der Waals surface area contributed by atoms with Gasteiger partial charge in [0.15, 0.2) is 0 Å². The van der Waals surface area contributed by atoms with Gasteiger partial charge in [-0.05, 0) is 17.9 Å². The third-order valence-electron chi connectivity index (χ3n) is 1.75. The van der Waals surface area contributed by atoms with Crippen molar-refractivity contribution in [2.75, 3.05) is 11.7 Å². The molecule has 0 aromatic heterocycles. The lowest BCUT2D eigenvalue weighted by Crippen LogP contribution is -2.09. The van der Waals surface area contributed by atoms with Crippen molar-refractivity contribution in [2.24, 2.45) is 5.84 Å². The summed E-state index contributed by atoms with van der Waals surface area (Å²) in [6.45, 7) is 0. The lowest BCUT2D eigenvalue weighted by Gasteiger charge is -2.06. The molecular formula is C8H11N3O2S. The minimum Gasteiger partial charge on any atom is -0.324 e. The van der Waals surface area contributed by atoms with Crippen LogP contribution < -0.4 is 11.3 Å². The summed E-state index contributed by atoms with van der Waals surface area (Å²) in [5, 5.41) is 10.5. The van der Waals surface area contributed by atoms with Gasteiger partial charge in [-0.25, -0.2) is 0 Å². The number of nitrogens with zero attached hydrogens (tertiary/aromatic N) is 1. The number of hydrogen-bond acceptors (Lipinski definition) is 5. The average molecular weight is 213 g/mol. The van der Waals surface area contributed by atoms with Crippen molar-refractivity contribution in [3.05, 3.63) is 33.9 Å². The molecular weight excluding hydrogens is 202 g/mol. The first-order chi connectivity index (χ1) is 6.69. The molecule has 0 bridgehead atoms. The monoisotopic (exact) mass is 213 g/mol. The first kappa shape index (κ1) is 10.8. The molecule has 1 aromatic rings. The number of nitro benzene ring substituents is 1. The SMILES string of the molecule is CSCc1cc([N+](=O)[O-])ccc1NN. The van der Waals surface area contributed by atoms with Gasteiger partial charge in [-0.15, -0.1) is 0 Å². The number of non-ortho nitro benzene ring substituents is 1. The molecule has 0 amide bonds. The van der Waals surface area contributed by atoms with Crippen molar-refractivity contribution in [1.29, 1.82) is 0 Å². The smallest absolute Gasteiger partial charge is 0.269 e. The number of benzene rings is 1. The highest BCUT2D eigenvalue weighted by molar-refractivity contribution is 7.97. The molecule has 6 heteroatoms. The molecule has 0 saturated heterocycles. The summed E-state index contributed by atoms with van der Waals surface area (Å²) in [5.41, 5.74) is 4.17. The van der Waals surface area contributed by atoms with Crippen molar-refractivity contribution in [2.45, 2.75) is 5.75 Å². The fourth-order valence-electron chi connectivity index (χ4n) is 1.11. The molecule has 5 nitrogen and oxygen atoms in total. The van der Waals surface area contributed by atoms with E-state index in [0.29, 0.717) is 5.75 Å². The molecule has 0 atom stereocenters. The summed E-state index contributed by atoms with van der Waals surface area (Å²) >= 11 is 1.59. The van der Waals surface area contributed by atoms with E-state index in [-0.39, 0.29) is 5.69 Å². The zero-order valence-corrected chi connectivity index (χ0v) is 8.50. The second-order valence-corrected chi connectivity index (χ2v) is 3.54. The van der Waals surface area contributed by atoms with E-state index in [4.69, 9.17) is 5.84 Å². The molecule has 3 N–H and O–H groups in total. The van der Waals surface area contributed by atoms with Crippen LogP contribution in [-0.2, 0) is 5.75 Å². The topological polar surface area (TPSA) is 81.2 Å². The van der Waals surface area contributed by atoms with E-state index in [0.717, 1.165) is 11.3 Å². The Labute approximate surface area is 85.8 Å². The van der Waals surface area contributed by atoms with Gasteiger partial charge >= 0.3 is 0 Å². The number of rotatable bonds is 4. The van der Waals surface area contributed by atoms with Crippen LogP contribution in [0.1, 0.15) is 5.56 Å². The van der Waals surface area contributed by atoms with Gasteiger partial charge in [0, 0.05) is 17.9 Å². The van der Waals surface area contributed by atoms with Gasteiger partial charge in [0.1, 0.15) is 0 Å². The standard InChI is InChI=1S/C8H11N3O2S/c1-14-5-6-4-7(11(12)13)2-3-8(6)10-9/h2-4,10H,5,9H2,1H3. The molecule has 0 heterocycles. The van der Waals surface area contributed by atoms with Gasteiger partial charge in [-0.1, -0.05) is 0 Å². The van der Waals surface area contributed by atoms with Gasteiger partial charge in [0.25, 0.3) is 5.69 Å². The summed E-state index contributed by atoms with van der Waals surface area (Å²) in [6, 6.07) is 4.58. The number of nitrogen functional groups attached to an aromatic ring is 1. The van der Waals surface area contributed by atoms with Crippen molar-refractivity contribution in [3.63, 3.8) is 0 Å². The van der Waals surface area contributed by atoms with Gasteiger partial charge < -0.3 is 5.43 Å². The number of nitrogens with two attached hydrogens (primary N) is 1. The maximum Gasteiger partial charge on any atom is 0.269 e. The van der Waals surface area contributed by atoms with Crippen LogP contribution in [0.3, 0.4) is 0 Å². The van der Waals surface area contributed by atoms with Crippen LogP contribution >= 0.6 is 11.8 Å². The molecule has 0 aliphatic carbocycles. The van der Waals surface area contributed by atoms with E-state index in [1.807, 2.05) is 6.26 Å². The highest BCUT2D eigenvalue weighted by Crippen LogP contribution is 2.24. The van der Waals surface area contributed by atoms with Gasteiger partial charge in [0.05, 0.1) is 10.6 Å². The van der Waals surface area contributed by atoms with Crippen LogP contribution in [0.15, 0.2) is 18.2 Å². The minimum absolute atomic E-state index is 0.0908. The van der Waals surface area contributed by atoms with E-state index in [1.165, 1.54) is 12.1 Å². The van der Waals surface area contributed by atoms with Gasteiger partial charge in [-0.2, -0.15) is 11.8 Å². The minimum atomic E-state index is -0.413. The van der Waals surface area contributed by atoms with Crippen LogP contribution in [0.2, 0.25) is 0 Å². The number of hydrogen-bond donors (Lipinski definition) is 2. The van der Waals surface area contributed by atoms with E-state index in [2.05, 4.69) is 5.43 Å². The molecule has 76 valence electrons. The number of nitrogens with one attached hydrogen (secondary N) is 1. The Morgan fingerprint density at radius 2 is 2.36 bits per heavy atom. The first-order valence-electron chi connectivity index (χ1n) is 3.92. The number of thioether (sulfide) groups is 1. The molecule has 0 saturated carbocycles. The number of hydrazine groups is 1. The molecule has 0 radical (unpaired) electrons. The maximum absolute atomic E-state index is 10.5. The van der Waals surface area contributed by atoms with Crippen LogP contribution in [-0.4, -0.2) is 11.2 Å². The summed E-state index contributed by atoms with van der Waals surface area (Å²) in [7, 11) is 0. The summed E-state index contributed by atoms with van der Waals surface area (Å²) in [4.78, 5) is 10.1. The summed E-state index contributed by atoms with van der Waals surface area (Å²) < 4.78 is 0. The molecule has 0 fully saturated rings. The molecule has 0 unspecified atom stereocenters. The predicted octanol–water partition coefficient (Wildman–Crippen LogP) is 1.74. The second kappa shape index (κ2) is 4.83. The molecule has 14 heavy (non-hydrogen) atoms. The van der Waals surface area contributed by atoms with Crippen molar-refractivity contribution >= 4 is 23.1 Å². The lowest BCUT2D eigenvalue weighted by atomic mass is 10.2. The Hall–Kier alpha value is -1.27. The number of anilines is 1. The maximum atomic E-state index is 10.5. The normalized spacial score (nSPS) is 9.86. The van der Waals surface area contributed by atoms with Crippen LogP contribution in [0.5, 0.6) is 0 Å². The Kier molecular flexibility index (Phi) is 3.73. The zero-order valence-electron chi connectivity index (χ0n) is 7.69. The van der Waals surface area contributed by atoms with E-state index in [1.54, 1.807) is 17.8 Å². The van der Waals surface area contributed by atoms with E-state index in [9.17, 15) is 10.1 Å². The third kappa shape index (κ3) is 2.36. The predicted molar refractivity (Wildman–Crippen MR) is 58.1 cm³/mol. The molecule has 0 spiro atoms. The van der Waals surface area contributed by atoms with Crippen molar-refractivity contribution < 1.29 is 4.92 Å². The summed E-state index contributed by atoms with van der Waals surface area (Å²) in [5.74, 6) is 5.97. The highest BCUT2D eigenvalue weighted by atomic mass is 32.2. The van der Waals surface area contributed by atoms with Crippen LogP contribution in [0.4, 0.5) is 11.4 Å². The number of nitro groups is 1. The van der Waals surface area contributed by atoms with Gasteiger partial charge in [0.2, 0.25) is 0 Å². The van der Waals surface area contributed by atoms with Crippen LogP contribution in [0.25, 0.3) is 0 Å². The lowest BCUT2D eigenvalue weighted by molar-refractivity contribution is -0.384. The Morgan fingerprint density at radius 1 is 1.64 bits per heavy atom. The fourth-order valence-corrected chi connectivity index (χ4v) is 1.66. The molecule has 0 aliphatic rings. The quantitative estimate of drug-likeness (QED) is 0.452. The van der Waals surface area contributed by atoms with Crippen molar-refractivity contribution in [3.8, 4) is 0 Å². The molecule has 1 aromatic carbocycles. The van der Waals surface area contributed by atoms with Crippen LogP contribution in [0, 0.1) is 10.1 Å². The zero-order chi connectivity index (χ0) is 10.6. The van der Waals surface area contributed by atoms with E-state index < -0.39 is 4.92 Å². The molecule has 0 aliphatic heterocycles. The van der Waals surface area contributed by atoms with E-state index >= 15 is 0 Å². The average Bonchev–Trinajstić information content (AvgIpc) is 2.18.